The van der Waals surface area contributed by atoms with E-state index in [0.717, 1.165) is 19.3 Å². The molecule has 2 unspecified atom stereocenters. The minimum atomic E-state index is -1.000. The van der Waals surface area contributed by atoms with E-state index in [2.05, 4.69) is 6.58 Å². The predicted molar refractivity (Wildman–Crippen MR) is 64.3 cm³/mol. The van der Waals surface area contributed by atoms with Gasteiger partial charge in [0.2, 0.25) is 5.91 Å². The van der Waals surface area contributed by atoms with Gasteiger partial charge in [-0.05, 0) is 19.3 Å². The molecular weight excluding hydrogens is 220 g/mol. The number of rotatable bonds is 5. The molecule has 1 amide bonds. The predicted octanol–water partition coefficient (Wildman–Crippen LogP) is 0.603. The van der Waals surface area contributed by atoms with Gasteiger partial charge in [-0.2, -0.15) is 0 Å². The molecule has 0 aromatic rings. The summed E-state index contributed by atoms with van der Waals surface area (Å²) in [5.41, 5.74) is 5.83. The van der Waals surface area contributed by atoms with E-state index in [1.165, 1.54) is 4.90 Å². The van der Waals surface area contributed by atoms with Crippen molar-refractivity contribution in [1.29, 1.82) is 0 Å². The molecule has 5 nitrogen and oxygen atoms in total. The minimum absolute atomic E-state index is 0.0631. The van der Waals surface area contributed by atoms with Gasteiger partial charge in [-0.1, -0.05) is 12.5 Å². The molecule has 96 valence electrons. The molecule has 0 aromatic heterocycles. The highest BCUT2D eigenvalue weighted by atomic mass is 16.4. The van der Waals surface area contributed by atoms with Crippen LogP contribution in [0.4, 0.5) is 0 Å². The van der Waals surface area contributed by atoms with Crippen LogP contribution in [-0.2, 0) is 9.59 Å². The van der Waals surface area contributed by atoms with Gasteiger partial charge in [-0.3, -0.25) is 9.59 Å². The number of hydrogen-bond acceptors (Lipinski definition) is 3. The molecule has 2 atom stereocenters. The van der Waals surface area contributed by atoms with Crippen molar-refractivity contribution in [2.24, 2.45) is 11.7 Å². The molecule has 0 aliphatic heterocycles. The molecule has 0 saturated heterocycles. The van der Waals surface area contributed by atoms with Crippen LogP contribution in [0.1, 0.15) is 25.7 Å². The molecule has 0 spiro atoms. The van der Waals surface area contributed by atoms with Crippen molar-refractivity contribution in [1.82, 2.24) is 4.90 Å². The second kappa shape index (κ2) is 6.39. The van der Waals surface area contributed by atoms with E-state index in [1.54, 1.807) is 6.08 Å². The molecule has 17 heavy (non-hydrogen) atoms. The molecule has 1 saturated carbocycles. The second-order valence-corrected chi connectivity index (χ2v) is 4.52. The van der Waals surface area contributed by atoms with Gasteiger partial charge in [0.05, 0.1) is 0 Å². The Kier molecular flexibility index (Phi) is 5.15. The van der Waals surface area contributed by atoms with Gasteiger partial charge in [0.15, 0.2) is 0 Å². The molecule has 1 aliphatic rings. The van der Waals surface area contributed by atoms with E-state index >= 15 is 0 Å². The Labute approximate surface area is 101 Å². The highest BCUT2D eigenvalue weighted by Crippen LogP contribution is 2.24. The molecule has 0 heterocycles. The first kappa shape index (κ1) is 13.7. The number of hydrogen-bond donors (Lipinski definition) is 2. The van der Waals surface area contributed by atoms with Gasteiger partial charge < -0.3 is 15.7 Å². The third-order valence-electron chi connectivity index (χ3n) is 3.05. The van der Waals surface area contributed by atoms with Crippen molar-refractivity contribution >= 4 is 11.9 Å². The Morgan fingerprint density at radius 2 is 2.18 bits per heavy atom. The van der Waals surface area contributed by atoms with Crippen molar-refractivity contribution < 1.29 is 14.7 Å². The number of nitrogens with two attached hydrogens (primary N) is 1. The highest BCUT2D eigenvalue weighted by Gasteiger charge is 2.29. The Morgan fingerprint density at radius 3 is 2.71 bits per heavy atom. The zero-order chi connectivity index (χ0) is 12.8. The lowest BCUT2D eigenvalue weighted by atomic mass is 9.85. The summed E-state index contributed by atoms with van der Waals surface area (Å²) in [4.78, 5) is 24.1. The number of amides is 1. The fraction of sp³-hybridized carbons (Fsp3) is 0.667. The normalized spacial score (nSPS) is 24.1. The van der Waals surface area contributed by atoms with Crippen LogP contribution >= 0.6 is 0 Å². The van der Waals surface area contributed by atoms with Crippen LogP contribution in [0.3, 0.4) is 0 Å². The number of carbonyl (C=O) groups excluding carboxylic acids is 1. The quantitative estimate of drug-likeness (QED) is 0.689. The van der Waals surface area contributed by atoms with Crippen LogP contribution < -0.4 is 5.73 Å². The monoisotopic (exact) mass is 240 g/mol. The molecule has 0 bridgehead atoms. The Morgan fingerprint density at radius 1 is 1.47 bits per heavy atom. The van der Waals surface area contributed by atoms with E-state index in [0.29, 0.717) is 6.42 Å². The number of carboxylic acids is 1. The van der Waals surface area contributed by atoms with E-state index in [4.69, 9.17) is 10.8 Å². The van der Waals surface area contributed by atoms with Gasteiger partial charge in [-0.25, -0.2) is 0 Å². The Hall–Kier alpha value is -1.36. The van der Waals surface area contributed by atoms with Crippen molar-refractivity contribution in [2.45, 2.75) is 31.7 Å². The first-order valence-electron chi connectivity index (χ1n) is 5.91. The number of carboxylic acid groups (broad SMARTS) is 1. The van der Waals surface area contributed by atoms with Gasteiger partial charge in [0.25, 0.3) is 0 Å². The average Bonchev–Trinajstić information content (AvgIpc) is 2.27. The van der Waals surface area contributed by atoms with Crippen molar-refractivity contribution in [2.75, 3.05) is 13.1 Å². The van der Waals surface area contributed by atoms with Gasteiger partial charge in [-0.15, -0.1) is 6.58 Å². The lowest BCUT2D eigenvalue weighted by molar-refractivity contribution is -0.146. The first-order valence-corrected chi connectivity index (χ1v) is 5.91. The molecule has 1 fully saturated rings. The summed E-state index contributed by atoms with van der Waals surface area (Å²) in [7, 11) is 0. The van der Waals surface area contributed by atoms with Gasteiger partial charge in [0.1, 0.15) is 6.54 Å². The summed E-state index contributed by atoms with van der Waals surface area (Å²) < 4.78 is 0. The van der Waals surface area contributed by atoms with Gasteiger partial charge >= 0.3 is 5.97 Å². The highest BCUT2D eigenvalue weighted by molar-refractivity contribution is 5.83. The molecule has 0 aromatic carbocycles. The van der Waals surface area contributed by atoms with Crippen LogP contribution in [0.25, 0.3) is 0 Å². The summed E-state index contributed by atoms with van der Waals surface area (Å²) in [6, 6.07) is 0.0631. The zero-order valence-electron chi connectivity index (χ0n) is 9.97. The molecule has 3 N–H and O–H groups in total. The fourth-order valence-corrected chi connectivity index (χ4v) is 2.26. The summed E-state index contributed by atoms with van der Waals surface area (Å²) in [6.07, 6.45) is 4.90. The standard InChI is InChI=1S/C12H20N2O3/c1-2-6-14(8-11(15)16)12(17)9-4-3-5-10(13)7-9/h2,9-10H,1,3-8,13H2,(H,15,16). The molecule has 0 radical (unpaired) electrons. The van der Waals surface area contributed by atoms with E-state index in [-0.39, 0.29) is 31.0 Å². The van der Waals surface area contributed by atoms with E-state index in [1.807, 2.05) is 0 Å². The van der Waals surface area contributed by atoms with E-state index < -0.39 is 5.97 Å². The van der Waals surface area contributed by atoms with E-state index in [9.17, 15) is 9.59 Å². The topological polar surface area (TPSA) is 83.6 Å². The van der Waals surface area contributed by atoms with Crippen LogP contribution in [0.15, 0.2) is 12.7 Å². The lowest BCUT2D eigenvalue weighted by Crippen LogP contribution is -2.43. The Bertz CT molecular complexity index is 304. The SMILES string of the molecule is C=CCN(CC(=O)O)C(=O)C1CCCC(N)C1. The first-order chi connectivity index (χ1) is 8.04. The maximum Gasteiger partial charge on any atom is 0.323 e. The maximum absolute atomic E-state index is 12.1. The van der Waals surface area contributed by atoms with Crippen LogP contribution in [0.2, 0.25) is 0 Å². The number of carbonyl (C=O) groups is 2. The minimum Gasteiger partial charge on any atom is -0.480 e. The molecule has 5 heteroatoms. The molecule has 1 rings (SSSR count). The summed E-state index contributed by atoms with van der Waals surface area (Å²) in [5, 5.41) is 8.76. The maximum atomic E-state index is 12.1. The van der Waals surface area contributed by atoms with Crippen LogP contribution in [-0.4, -0.2) is 41.0 Å². The Balaban J connectivity index is 2.62. The summed E-state index contributed by atoms with van der Waals surface area (Å²) in [5.74, 6) is -1.24. The summed E-state index contributed by atoms with van der Waals surface area (Å²) >= 11 is 0. The van der Waals surface area contributed by atoms with Gasteiger partial charge in [0, 0.05) is 18.5 Å². The number of aliphatic carboxylic acids is 1. The van der Waals surface area contributed by atoms with Crippen molar-refractivity contribution in [3.63, 3.8) is 0 Å². The van der Waals surface area contributed by atoms with Crippen LogP contribution in [0.5, 0.6) is 0 Å². The second-order valence-electron chi connectivity index (χ2n) is 4.52. The molecule has 1 aliphatic carbocycles. The molecular formula is C12H20N2O3. The third kappa shape index (κ3) is 4.19. The van der Waals surface area contributed by atoms with Crippen LogP contribution in [0, 0.1) is 5.92 Å². The summed E-state index contributed by atoms with van der Waals surface area (Å²) in [6.45, 7) is 3.55. The largest absolute Gasteiger partial charge is 0.480 e. The smallest absolute Gasteiger partial charge is 0.323 e. The van der Waals surface area contributed by atoms with Crippen molar-refractivity contribution in [3.05, 3.63) is 12.7 Å². The van der Waals surface area contributed by atoms with Crippen molar-refractivity contribution in [3.8, 4) is 0 Å². The number of nitrogens with zero attached hydrogens (tertiary/aromatic N) is 1. The average molecular weight is 240 g/mol. The fourth-order valence-electron chi connectivity index (χ4n) is 2.26. The zero-order valence-corrected chi connectivity index (χ0v) is 9.97. The third-order valence-corrected chi connectivity index (χ3v) is 3.05. The lowest BCUT2D eigenvalue weighted by Gasteiger charge is -2.30.